The van der Waals surface area contributed by atoms with Crippen LogP contribution in [0.25, 0.3) is 49.0 Å². The lowest BCUT2D eigenvalue weighted by atomic mass is 9.90. The molecule has 5 rings (SSSR count). The quantitative estimate of drug-likeness (QED) is 0.189. The fourth-order valence-corrected chi connectivity index (χ4v) is 4.67. The van der Waals surface area contributed by atoms with E-state index in [0.717, 1.165) is 16.8 Å². The normalized spacial score (nSPS) is 11.6. The molecule has 0 saturated carbocycles. The molecule has 0 spiro atoms. The number of rotatable bonds is 6. The van der Waals surface area contributed by atoms with E-state index in [1.807, 2.05) is 11.1 Å². The molecule has 0 atom stereocenters. The third-order valence-corrected chi connectivity index (χ3v) is 6.50. The second kappa shape index (κ2) is 8.88. The molecule has 5 aromatic carbocycles. The largest absolute Gasteiger partial charge is 0.325 e. The van der Waals surface area contributed by atoms with Crippen LogP contribution in [0.1, 0.15) is 12.5 Å². The number of hydrogen-bond acceptors (Lipinski definition) is 1. The van der Waals surface area contributed by atoms with Gasteiger partial charge in [0.25, 0.3) is 0 Å². The molecule has 0 N–H and O–H groups in total. The average Bonchev–Trinajstić information content (AvgIpc) is 2.90. The molecule has 0 amide bonds. The van der Waals surface area contributed by atoms with Crippen LogP contribution in [0, 0.1) is 0 Å². The van der Waals surface area contributed by atoms with Crippen LogP contribution < -0.4 is 0 Å². The highest BCUT2D eigenvalue weighted by atomic mass is 15.1. The topological polar surface area (TPSA) is 3.24 Å². The summed E-state index contributed by atoms with van der Waals surface area (Å²) in [5.74, 6) is 0. The van der Waals surface area contributed by atoms with Gasteiger partial charge in [-0.2, -0.15) is 0 Å². The minimum absolute atomic E-state index is 0.793. The number of benzene rings is 5. The monoisotopic (exact) mass is 437 g/mol. The maximum Gasteiger partial charge on any atom is 0.0371 e. The first-order chi connectivity index (χ1) is 16.6. The number of nitrogens with zero attached hydrogens (tertiary/aromatic N) is 1. The lowest BCUT2D eigenvalue weighted by Crippen LogP contribution is -2.06. The summed E-state index contributed by atoms with van der Waals surface area (Å²) in [7, 11) is 0. The van der Waals surface area contributed by atoms with Crippen LogP contribution in [0.4, 0.5) is 0 Å². The molecular weight excluding hydrogens is 410 g/mol. The van der Waals surface area contributed by atoms with E-state index in [2.05, 4.69) is 118 Å². The molecule has 34 heavy (non-hydrogen) atoms. The Morgan fingerprint density at radius 3 is 2.09 bits per heavy atom. The summed E-state index contributed by atoms with van der Waals surface area (Å²) in [6.45, 7) is 13.8. The second-order valence-electron chi connectivity index (χ2n) is 8.53. The van der Waals surface area contributed by atoms with Gasteiger partial charge in [0.2, 0.25) is 0 Å². The van der Waals surface area contributed by atoms with Crippen molar-refractivity contribution in [2.75, 3.05) is 0 Å². The van der Waals surface area contributed by atoms with E-state index in [0.29, 0.717) is 0 Å². The predicted octanol–water partition coefficient (Wildman–Crippen LogP) is 9.32. The van der Waals surface area contributed by atoms with E-state index in [4.69, 9.17) is 0 Å². The van der Waals surface area contributed by atoms with Crippen molar-refractivity contribution in [3.63, 3.8) is 0 Å². The molecule has 0 saturated heterocycles. The zero-order valence-corrected chi connectivity index (χ0v) is 19.5. The van der Waals surface area contributed by atoms with Crippen molar-refractivity contribution in [2.45, 2.75) is 6.92 Å². The zero-order chi connectivity index (χ0) is 23.7. The first kappa shape index (κ1) is 21.5. The Morgan fingerprint density at radius 1 is 0.735 bits per heavy atom. The Hall–Kier alpha value is -4.36. The maximum atomic E-state index is 4.01. The lowest BCUT2D eigenvalue weighted by Gasteiger charge is -2.17. The molecule has 0 heterocycles. The summed E-state index contributed by atoms with van der Waals surface area (Å²) in [4.78, 5) is 1.89. The van der Waals surface area contributed by atoms with Gasteiger partial charge >= 0.3 is 0 Å². The summed E-state index contributed by atoms with van der Waals surface area (Å²) in [5.41, 5.74) is 5.53. The molecule has 1 heteroatoms. The van der Waals surface area contributed by atoms with Crippen molar-refractivity contribution in [1.82, 2.24) is 4.90 Å². The Morgan fingerprint density at radius 2 is 1.38 bits per heavy atom. The van der Waals surface area contributed by atoms with Gasteiger partial charge < -0.3 is 4.90 Å². The van der Waals surface area contributed by atoms with Gasteiger partial charge in [-0.25, -0.2) is 0 Å². The Balaban J connectivity index is 1.63. The fraction of sp³-hybridized carbons (Fsp3) is 0.0303. The minimum Gasteiger partial charge on any atom is -0.325 e. The van der Waals surface area contributed by atoms with Crippen LogP contribution in [0.15, 0.2) is 135 Å². The summed E-state index contributed by atoms with van der Waals surface area (Å²) in [5, 5.41) is 7.71. The van der Waals surface area contributed by atoms with Crippen LogP contribution >= 0.6 is 0 Å². The summed E-state index contributed by atoms with van der Waals surface area (Å²) >= 11 is 0. The maximum absolute atomic E-state index is 4.01. The van der Waals surface area contributed by atoms with Crippen LogP contribution in [0.2, 0.25) is 0 Å². The van der Waals surface area contributed by atoms with E-state index < -0.39 is 0 Å². The zero-order valence-electron chi connectivity index (χ0n) is 19.5. The third-order valence-electron chi connectivity index (χ3n) is 6.50. The summed E-state index contributed by atoms with van der Waals surface area (Å²) in [6.07, 6.45) is 5.50. The van der Waals surface area contributed by atoms with Gasteiger partial charge in [0.15, 0.2) is 0 Å². The Bertz CT molecular complexity index is 1600. The number of hydrogen-bond donors (Lipinski definition) is 0. The van der Waals surface area contributed by atoms with Gasteiger partial charge in [0, 0.05) is 18.1 Å². The summed E-state index contributed by atoms with van der Waals surface area (Å²) in [6, 6.07) is 32.9. The molecule has 1 nitrogen and oxygen atoms in total. The molecule has 0 aliphatic rings. The molecule has 164 valence electrons. The van der Waals surface area contributed by atoms with Gasteiger partial charge in [-0.1, -0.05) is 105 Å². The predicted molar refractivity (Wildman–Crippen MR) is 149 cm³/mol. The standard InChI is InChI=1S/C33H27N/c1-5-24(4)34(6-2)22-23(3)25-15-17-27(18-16-25)32-21-28-20-19-26-11-7-8-12-29(26)33(28)31-14-10-9-13-30(31)32/h5-22H,1-2,4H2,3H3/b23-22+. The SMILES string of the molecule is C=CC(=C)N(C=C)/C=C(\C)c1ccc(-c2cc3ccc4ccccc4c3c3ccccc23)cc1. The van der Waals surface area contributed by atoms with Crippen molar-refractivity contribution >= 4 is 37.9 Å². The number of allylic oxidation sites excluding steroid dienone is 2. The van der Waals surface area contributed by atoms with Gasteiger partial charge in [-0.15, -0.1) is 0 Å². The Kier molecular flexibility index (Phi) is 5.61. The van der Waals surface area contributed by atoms with Crippen molar-refractivity contribution in [2.24, 2.45) is 0 Å². The molecule has 0 radical (unpaired) electrons. The molecule has 0 aliphatic heterocycles. The highest BCUT2D eigenvalue weighted by Crippen LogP contribution is 2.38. The van der Waals surface area contributed by atoms with Crippen LogP contribution in [-0.4, -0.2) is 4.90 Å². The van der Waals surface area contributed by atoms with E-state index in [1.165, 1.54) is 43.4 Å². The molecule has 0 bridgehead atoms. The highest BCUT2D eigenvalue weighted by molar-refractivity contribution is 6.23. The smallest absolute Gasteiger partial charge is 0.0371 e. The molecule has 5 aromatic rings. The van der Waals surface area contributed by atoms with Crippen molar-refractivity contribution < 1.29 is 0 Å². The minimum atomic E-state index is 0.793. The molecule has 0 aromatic heterocycles. The fourth-order valence-electron chi connectivity index (χ4n) is 4.67. The average molecular weight is 438 g/mol. The lowest BCUT2D eigenvalue weighted by molar-refractivity contribution is 0.658. The first-order valence-corrected chi connectivity index (χ1v) is 11.5. The first-order valence-electron chi connectivity index (χ1n) is 11.5. The third kappa shape index (κ3) is 3.72. The highest BCUT2D eigenvalue weighted by Gasteiger charge is 2.11. The van der Waals surface area contributed by atoms with Crippen LogP contribution in [0.3, 0.4) is 0 Å². The van der Waals surface area contributed by atoms with E-state index >= 15 is 0 Å². The van der Waals surface area contributed by atoms with Gasteiger partial charge in [-0.05, 0) is 73.6 Å². The van der Waals surface area contributed by atoms with Gasteiger partial charge in [-0.3, -0.25) is 0 Å². The summed E-state index contributed by atoms with van der Waals surface area (Å²) < 4.78 is 0. The second-order valence-corrected chi connectivity index (χ2v) is 8.53. The Labute approximate surface area is 201 Å². The molecular formula is C33H27N. The number of fused-ring (bicyclic) bond motifs is 5. The molecule has 0 unspecified atom stereocenters. The molecule has 0 fully saturated rings. The van der Waals surface area contributed by atoms with Gasteiger partial charge in [0.05, 0.1) is 0 Å². The van der Waals surface area contributed by atoms with Crippen LogP contribution in [-0.2, 0) is 0 Å². The van der Waals surface area contributed by atoms with Crippen LogP contribution in [0.5, 0.6) is 0 Å². The van der Waals surface area contributed by atoms with Crippen molar-refractivity contribution in [3.8, 4) is 11.1 Å². The van der Waals surface area contributed by atoms with Crippen molar-refractivity contribution in [3.05, 3.63) is 140 Å². The van der Waals surface area contributed by atoms with Crippen molar-refractivity contribution in [1.29, 1.82) is 0 Å². The van der Waals surface area contributed by atoms with E-state index in [9.17, 15) is 0 Å². The van der Waals surface area contributed by atoms with E-state index in [1.54, 1.807) is 12.3 Å². The molecule has 0 aliphatic carbocycles. The van der Waals surface area contributed by atoms with Gasteiger partial charge in [0.1, 0.15) is 0 Å². The van der Waals surface area contributed by atoms with E-state index in [-0.39, 0.29) is 0 Å².